The average molecular weight is 285 g/mol. The molecule has 0 heterocycles. The molecule has 0 saturated carbocycles. The molecule has 0 aliphatic heterocycles. The van der Waals surface area contributed by atoms with Gasteiger partial charge in [0.15, 0.2) is 0 Å². The fourth-order valence-electron chi connectivity index (χ4n) is 2.17. The molecule has 1 aromatic rings. The lowest BCUT2D eigenvalue weighted by Crippen LogP contribution is -2.48. The maximum atomic E-state index is 13.4. The van der Waals surface area contributed by atoms with Crippen molar-refractivity contribution in [3.05, 3.63) is 30.1 Å². The van der Waals surface area contributed by atoms with Gasteiger partial charge in [-0.25, -0.2) is 4.39 Å². The predicted molar refractivity (Wildman–Crippen MR) is 80.1 cm³/mol. The normalized spacial score (nSPS) is 14.3. The number of aliphatic hydroxyl groups excluding tert-OH is 1. The van der Waals surface area contributed by atoms with Gasteiger partial charge in [-0.15, -0.1) is 11.8 Å². The molecule has 0 aliphatic rings. The van der Waals surface area contributed by atoms with Gasteiger partial charge in [0.25, 0.3) is 0 Å². The Balaban J connectivity index is 2.39. The molecule has 1 unspecified atom stereocenters. The molecule has 108 valence electrons. The average Bonchev–Trinajstić information content (AvgIpc) is 2.44. The van der Waals surface area contributed by atoms with Gasteiger partial charge in [-0.2, -0.15) is 0 Å². The Hall–Kier alpha value is -0.580. The van der Waals surface area contributed by atoms with Crippen molar-refractivity contribution in [1.82, 2.24) is 5.32 Å². The van der Waals surface area contributed by atoms with E-state index in [9.17, 15) is 9.50 Å². The Labute approximate surface area is 119 Å². The van der Waals surface area contributed by atoms with Crippen molar-refractivity contribution in [1.29, 1.82) is 0 Å². The second-order valence-electron chi connectivity index (χ2n) is 4.70. The largest absolute Gasteiger partial charge is 0.394 e. The monoisotopic (exact) mass is 285 g/mol. The Kier molecular flexibility index (Phi) is 7.42. The van der Waals surface area contributed by atoms with Crippen LogP contribution < -0.4 is 5.32 Å². The predicted octanol–water partition coefficient (Wildman–Crippen LogP) is 3.45. The molecule has 0 bridgehead atoms. The van der Waals surface area contributed by atoms with Crippen LogP contribution in [0.1, 0.15) is 33.1 Å². The molecule has 0 aromatic heterocycles. The minimum absolute atomic E-state index is 0.150. The van der Waals surface area contributed by atoms with Crippen molar-refractivity contribution in [2.45, 2.75) is 43.5 Å². The summed E-state index contributed by atoms with van der Waals surface area (Å²) in [5, 5.41) is 12.9. The van der Waals surface area contributed by atoms with Gasteiger partial charge in [0, 0.05) is 10.4 Å². The zero-order valence-corrected chi connectivity index (χ0v) is 12.6. The molecule has 0 amide bonds. The van der Waals surface area contributed by atoms with E-state index < -0.39 is 0 Å². The summed E-state index contributed by atoms with van der Waals surface area (Å²) >= 11 is 1.54. The van der Waals surface area contributed by atoms with Crippen molar-refractivity contribution in [3.8, 4) is 0 Å². The first-order valence-corrected chi connectivity index (χ1v) is 7.89. The standard InChI is InChI=1S/C15H24FNOS/c1-3-15(12-18,17-4-2)10-7-11-19-14-9-6-5-8-13(14)16/h5-6,8-9,17-18H,3-4,7,10-12H2,1-2H3. The Bertz CT molecular complexity index is 369. The molecule has 0 spiro atoms. The van der Waals surface area contributed by atoms with Gasteiger partial charge in [-0.3, -0.25) is 0 Å². The summed E-state index contributed by atoms with van der Waals surface area (Å²) in [6.45, 7) is 5.15. The number of likely N-dealkylation sites (N-methyl/N-ethyl adjacent to an activating group) is 1. The number of rotatable bonds is 9. The zero-order valence-electron chi connectivity index (χ0n) is 11.8. The number of halogens is 1. The third kappa shape index (κ3) is 5.13. The fraction of sp³-hybridized carbons (Fsp3) is 0.600. The quantitative estimate of drug-likeness (QED) is 0.538. The van der Waals surface area contributed by atoms with Crippen LogP contribution in [0, 0.1) is 5.82 Å². The van der Waals surface area contributed by atoms with E-state index in [0.29, 0.717) is 4.90 Å². The van der Waals surface area contributed by atoms with Crippen LogP contribution in [-0.2, 0) is 0 Å². The van der Waals surface area contributed by atoms with E-state index in [4.69, 9.17) is 0 Å². The summed E-state index contributed by atoms with van der Waals surface area (Å²) in [5.74, 6) is 0.719. The topological polar surface area (TPSA) is 32.3 Å². The van der Waals surface area contributed by atoms with Crippen molar-refractivity contribution < 1.29 is 9.50 Å². The van der Waals surface area contributed by atoms with Gasteiger partial charge in [0.1, 0.15) is 5.82 Å². The van der Waals surface area contributed by atoms with Gasteiger partial charge in [0.2, 0.25) is 0 Å². The molecule has 1 atom stereocenters. The molecular formula is C15H24FNOS. The third-order valence-corrected chi connectivity index (χ3v) is 4.56. The summed E-state index contributed by atoms with van der Waals surface area (Å²) in [4.78, 5) is 0.706. The Morgan fingerprint density at radius 1 is 1.32 bits per heavy atom. The van der Waals surface area contributed by atoms with Gasteiger partial charge >= 0.3 is 0 Å². The number of thioether (sulfide) groups is 1. The van der Waals surface area contributed by atoms with E-state index in [1.54, 1.807) is 17.8 Å². The Morgan fingerprint density at radius 3 is 2.63 bits per heavy atom. The summed E-state index contributed by atoms with van der Waals surface area (Å²) in [7, 11) is 0. The number of hydrogen-bond donors (Lipinski definition) is 2. The van der Waals surface area contributed by atoms with Gasteiger partial charge in [0.05, 0.1) is 6.61 Å². The van der Waals surface area contributed by atoms with Crippen LogP contribution in [0.25, 0.3) is 0 Å². The molecule has 19 heavy (non-hydrogen) atoms. The van der Waals surface area contributed by atoms with Crippen molar-refractivity contribution >= 4 is 11.8 Å². The lowest BCUT2D eigenvalue weighted by molar-refractivity contribution is 0.148. The van der Waals surface area contributed by atoms with Crippen LogP contribution >= 0.6 is 11.8 Å². The minimum atomic E-state index is -0.176. The second kappa shape index (κ2) is 8.56. The number of nitrogens with one attached hydrogen (secondary N) is 1. The first kappa shape index (κ1) is 16.5. The molecule has 0 fully saturated rings. The van der Waals surface area contributed by atoms with Gasteiger partial charge in [-0.05, 0) is 43.7 Å². The Morgan fingerprint density at radius 2 is 2.05 bits per heavy atom. The van der Waals surface area contributed by atoms with E-state index in [0.717, 1.165) is 31.6 Å². The highest BCUT2D eigenvalue weighted by Crippen LogP contribution is 2.24. The number of benzene rings is 1. The van der Waals surface area contributed by atoms with E-state index >= 15 is 0 Å². The molecule has 0 aliphatic carbocycles. The van der Waals surface area contributed by atoms with Crippen LogP contribution in [0.3, 0.4) is 0 Å². The lowest BCUT2D eigenvalue weighted by atomic mass is 9.91. The van der Waals surface area contributed by atoms with Crippen LogP contribution in [0.2, 0.25) is 0 Å². The van der Waals surface area contributed by atoms with Crippen molar-refractivity contribution in [3.63, 3.8) is 0 Å². The molecule has 2 N–H and O–H groups in total. The molecule has 0 radical (unpaired) electrons. The smallest absolute Gasteiger partial charge is 0.136 e. The first-order chi connectivity index (χ1) is 9.17. The maximum Gasteiger partial charge on any atom is 0.136 e. The molecule has 4 heteroatoms. The summed E-state index contributed by atoms with van der Waals surface area (Å²) < 4.78 is 13.4. The van der Waals surface area contributed by atoms with E-state index in [2.05, 4.69) is 12.2 Å². The van der Waals surface area contributed by atoms with Crippen LogP contribution in [0.15, 0.2) is 29.2 Å². The second-order valence-corrected chi connectivity index (χ2v) is 5.84. The van der Waals surface area contributed by atoms with Crippen molar-refractivity contribution in [2.24, 2.45) is 0 Å². The fourth-order valence-corrected chi connectivity index (χ4v) is 3.06. The zero-order chi connectivity index (χ0) is 14.1. The highest BCUT2D eigenvalue weighted by Gasteiger charge is 2.25. The summed E-state index contributed by atoms with van der Waals surface area (Å²) in [5.41, 5.74) is -0.176. The number of aliphatic hydroxyl groups is 1. The molecular weight excluding hydrogens is 261 g/mol. The molecule has 1 rings (SSSR count). The summed E-state index contributed by atoms with van der Waals surface area (Å²) in [6, 6.07) is 6.86. The highest BCUT2D eigenvalue weighted by atomic mass is 32.2. The van der Waals surface area contributed by atoms with Gasteiger partial charge in [-0.1, -0.05) is 26.0 Å². The minimum Gasteiger partial charge on any atom is -0.394 e. The molecule has 1 aromatic carbocycles. The van der Waals surface area contributed by atoms with E-state index in [1.807, 2.05) is 19.1 Å². The van der Waals surface area contributed by atoms with Crippen LogP contribution in [-0.4, -0.2) is 29.5 Å². The van der Waals surface area contributed by atoms with Crippen LogP contribution in [0.4, 0.5) is 4.39 Å². The van der Waals surface area contributed by atoms with Crippen LogP contribution in [0.5, 0.6) is 0 Å². The SMILES string of the molecule is CCNC(CC)(CO)CCCSc1ccccc1F. The third-order valence-electron chi connectivity index (χ3n) is 3.43. The highest BCUT2D eigenvalue weighted by molar-refractivity contribution is 7.99. The van der Waals surface area contributed by atoms with Crippen molar-refractivity contribution in [2.75, 3.05) is 18.9 Å². The van der Waals surface area contributed by atoms with Gasteiger partial charge < -0.3 is 10.4 Å². The summed E-state index contributed by atoms with van der Waals surface area (Å²) in [6.07, 6.45) is 2.78. The molecule has 2 nitrogen and oxygen atoms in total. The lowest BCUT2D eigenvalue weighted by Gasteiger charge is -2.31. The van der Waals surface area contributed by atoms with E-state index in [-0.39, 0.29) is 18.0 Å². The number of hydrogen-bond acceptors (Lipinski definition) is 3. The molecule has 0 saturated heterocycles. The van der Waals surface area contributed by atoms with E-state index in [1.165, 1.54) is 6.07 Å². The maximum absolute atomic E-state index is 13.4. The first-order valence-electron chi connectivity index (χ1n) is 6.90.